The van der Waals surface area contributed by atoms with Crippen molar-refractivity contribution < 1.29 is 9.47 Å². The van der Waals surface area contributed by atoms with Crippen LogP contribution in [0.1, 0.15) is 5.56 Å². The van der Waals surface area contributed by atoms with Gasteiger partial charge in [-0.3, -0.25) is 5.10 Å². The highest BCUT2D eigenvalue weighted by Gasteiger charge is 2.06. The number of rotatable bonds is 5. The number of aromatic nitrogens is 3. The Balaban J connectivity index is 2.12. The first-order chi connectivity index (χ1) is 8.33. The van der Waals surface area contributed by atoms with Crippen molar-refractivity contribution in [2.45, 2.75) is 10.9 Å². The summed E-state index contributed by atoms with van der Waals surface area (Å²) in [6.45, 7) is 0. The lowest BCUT2D eigenvalue weighted by atomic mass is 10.2. The van der Waals surface area contributed by atoms with Crippen LogP contribution < -0.4 is 9.47 Å². The Morgan fingerprint density at radius 1 is 1.29 bits per heavy atom. The highest BCUT2D eigenvalue weighted by atomic mass is 32.2. The molecule has 0 saturated carbocycles. The van der Waals surface area contributed by atoms with E-state index in [2.05, 4.69) is 15.2 Å². The summed E-state index contributed by atoms with van der Waals surface area (Å²) < 4.78 is 10.5. The van der Waals surface area contributed by atoms with Crippen molar-refractivity contribution >= 4 is 11.8 Å². The number of methoxy groups -OCH3 is 2. The van der Waals surface area contributed by atoms with Crippen LogP contribution in [0.15, 0.2) is 29.7 Å². The van der Waals surface area contributed by atoms with Crippen molar-refractivity contribution in [3.05, 3.63) is 30.1 Å². The van der Waals surface area contributed by atoms with E-state index in [0.29, 0.717) is 0 Å². The normalized spacial score (nSPS) is 10.2. The molecule has 0 aliphatic carbocycles. The number of nitrogens with one attached hydrogen (secondary N) is 1. The SMILES string of the molecule is COc1ccc(OC)c(CSc2ncn[nH]2)c1. The average molecular weight is 251 g/mol. The first-order valence-electron chi connectivity index (χ1n) is 5.02. The van der Waals surface area contributed by atoms with Crippen LogP contribution >= 0.6 is 11.8 Å². The van der Waals surface area contributed by atoms with E-state index in [1.807, 2.05) is 18.2 Å². The molecule has 0 atom stereocenters. The lowest BCUT2D eigenvalue weighted by Gasteiger charge is -2.09. The zero-order chi connectivity index (χ0) is 12.1. The molecule has 0 spiro atoms. The van der Waals surface area contributed by atoms with Gasteiger partial charge < -0.3 is 9.47 Å². The molecule has 0 aliphatic rings. The predicted octanol–water partition coefficient (Wildman–Crippen LogP) is 2.11. The fourth-order valence-corrected chi connectivity index (χ4v) is 2.16. The number of thioether (sulfide) groups is 1. The summed E-state index contributed by atoms with van der Waals surface area (Å²) >= 11 is 1.56. The molecule has 1 heterocycles. The van der Waals surface area contributed by atoms with Crippen LogP contribution in [0.3, 0.4) is 0 Å². The van der Waals surface area contributed by atoms with Crippen LogP contribution in [0.5, 0.6) is 11.5 Å². The molecule has 17 heavy (non-hydrogen) atoms. The Morgan fingerprint density at radius 2 is 2.18 bits per heavy atom. The van der Waals surface area contributed by atoms with Crippen molar-refractivity contribution in [2.24, 2.45) is 0 Å². The Labute approximate surface area is 104 Å². The van der Waals surface area contributed by atoms with Crippen LogP contribution in [-0.4, -0.2) is 29.4 Å². The van der Waals surface area contributed by atoms with Gasteiger partial charge in [-0.05, 0) is 18.2 Å². The van der Waals surface area contributed by atoms with Crippen LogP contribution in [-0.2, 0) is 5.75 Å². The molecule has 0 radical (unpaired) electrons. The minimum atomic E-state index is 0.746. The second kappa shape index (κ2) is 5.58. The van der Waals surface area contributed by atoms with E-state index in [1.165, 1.54) is 6.33 Å². The number of hydrogen-bond donors (Lipinski definition) is 1. The molecule has 90 valence electrons. The quantitative estimate of drug-likeness (QED) is 0.825. The summed E-state index contributed by atoms with van der Waals surface area (Å²) in [5.41, 5.74) is 1.06. The van der Waals surface area contributed by atoms with Crippen LogP contribution in [0, 0.1) is 0 Å². The van der Waals surface area contributed by atoms with Gasteiger partial charge in [0.25, 0.3) is 0 Å². The van der Waals surface area contributed by atoms with Gasteiger partial charge in [0.05, 0.1) is 14.2 Å². The number of ether oxygens (including phenoxy) is 2. The van der Waals surface area contributed by atoms with E-state index in [0.717, 1.165) is 28.0 Å². The lowest BCUT2D eigenvalue weighted by molar-refractivity contribution is 0.400. The van der Waals surface area contributed by atoms with Gasteiger partial charge in [-0.2, -0.15) is 5.10 Å². The van der Waals surface area contributed by atoms with Gasteiger partial charge in [0, 0.05) is 11.3 Å². The average Bonchev–Trinajstić information content (AvgIpc) is 2.89. The Hall–Kier alpha value is -1.69. The van der Waals surface area contributed by atoms with Gasteiger partial charge in [-0.15, -0.1) is 0 Å². The molecule has 2 rings (SSSR count). The van der Waals surface area contributed by atoms with Crippen molar-refractivity contribution in [2.75, 3.05) is 14.2 Å². The van der Waals surface area contributed by atoms with Crippen LogP contribution in [0.25, 0.3) is 0 Å². The van der Waals surface area contributed by atoms with E-state index in [4.69, 9.17) is 9.47 Å². The van der Waals surface area contributed by atoms with E-state index >= 15 is 0 Å². The molecule has 0 fully saturated rings. The van der Waals surface area contributed by atoms with Gasteiger partial charge in [0.15, 0.2) is 5.16 Å². The second-order valence-corrected chi connectivity index (χ2v) is 4.22. The molecule has 0 saturated heterocycles. The third-order valence-electron chi connectivity index (χ3n) is 2.24. The highest BCUT2D eigenvalue weighted by molar-refractivity contribution is 7.98. The molecule has 0 amide bonds. The van der Waals surface area contributed by atoms with Gasteiger partial charge in [-0.25, -0.2) is 4.98 Å². The minimum Gasteiger partial charge on any atom is -0.497 e. The van der Waals surface area contributed by atoms with Gasteiger partial charge in [0.2, 0.25) is 0 Å². The van der Waals surface area contributed by atoms with Gasteiger partial charge >= 0.3 is 0 Å². The van der Waals surface area contributed by atoms with Crippen LogP contribution in [0.2, 0.25) is 0 Å². The molecule has 1 aromatic heterocycles. The van der Waals surface area contributed by atoms with Crippen molar-refractivity contribution in [3.63, 3.8) is 0 Å². The number of H-pyrrole nitrogens is 1. The number of nitrogens with zero attached hydrogens (tertiary/aromatic N) is 2. The standard InChI is InChI=1S/C11H13N3O2S/c1-15-9-3-4-10(16-2)8(5-9)6-17-11-12-7-13-14-11/h3-5,7H,6H2,1-2H3,(H,12,13,14). The molecule has 6 heteroatoms. The van der Waals surface area contributed by atoms with E-state index < -0.39 is 0 Å². The summed E-state index contributed by atoms with van der Waals surface area (Å²) in [7, 11) is 3.31. The fraction of sp³-hybridized carbons (Fsp3) is 0.273. The largest absolute Gasteiger partial charge is 0.497 e. The first-order valence-corrected chi connectivity index (χ1v) is 6.01. The van der Waals surface area contributed by atoms with Crippen LogP contribution in [0.4, 0.5) is 0 Å². The fourth-order valence-electron chi connectivity index (χ4n) is 1.40. The maximum Gasteiger partial charge on any atom is 0.183 e. The topological polar surface area (TPSA) is 60.0 Å². The van der Waals surface area contributed by atoms with Crippen molar-refractivity contribution in [3.8, 4) is 11.5 Å². The molecule has 2 aromatic rings. The predicted molar refractivity (Wildman–Crippen MR) is 65.5 cm³/mol. The molecule has 0 aliphatic heterocycles. The number of aromatic amines is 1. The summed E-state index contributed by atoms with van der Waals surface area (Å²) in [5, 5.41) is 7.39. The Morgan fingerprint density at radius 3 is 2.82 bits per heavy atom. The summed E-state index contributed by atoms with van der Waals surface area (Å²) in [5.74, 6) is 2.41. The van der Waals surface area contributed by atoms with E-state index in [-0.39, 0.29) is 0 Å². The number of hydrogen-bond acceptors (Lipinski definition) is 5. The highest BCUT2D eigenvalue weighted by Crippen LogP contribution is 2.29. The lowest BCUT2D eigenvalue weighted by Crippen LogP contribution is -1.92. The Kier molecular flexibility index (Phi) is 3.87. The van der Waals surface area contributed by atoms with Crippen molar-refractivity contribution in [1.29, 1.82) is 0 Å². The molecular weight excluding hydrogens is 238 g/mol. The summed E-state index contributed by atoms with van der Waals surface area (Å²) in [6, 6.07) is 5.73. The molecule has 1 aromatic carbocycles. The van der Waals surface area contributed by atoms with E-state index in [9.17, 15) is 0 Å². The van der Waals surface area contributed by atoms with Gasteiger partial charge in [-0.1, -0.05) is 11.8 Å². The molecule has 0 bridgehead atoms. The molecule has 1 N–H and O–H groups in total. The Bertz CT molecular complexity index is 474. The van der Waals surface area contributed by atoms with Gasteiger partial charge in [0.1, 0.15) is 17.8 Å². The molecular formula is C11H13N3O2S. The summed E-state index contributed by atoms with van der Waals surface area (Å²) in [6.07, 6.45) is 1.49. The van der Waals surface area contributed by atoms with E-state index in [1.54, 1.807) is 26.0 Å². The maximum atomic E-state index is 5.30. The number of benzene rings is 1. The third kappa shape index (κ3) is 2.91. The maximum absolute atomic E-state index is 5.30. The smallest absolute Gasteiger partial charge is 0.183 e. The second-order valence-electron chi connectivity index (χ2n) is 3.26. The monoisotopic (exact) mass is 251 g/mol. The first kappa shape index (κ1) is 11.8. The zero-order valence-electron chi connectivity index (χ0n) is 9.64. The summed E-state index contributed by atoms with van der Waals surface area (Å²) in [4.78, 5) is 4.05. The third-order valence-corrected chi connectivity index (χ3v) is 3.17. The zero-order valence-corrected chi connectivity index (χ0v) is 10.5. The molecule has 0 unspecified atom stereocenters. The molecule has 5 nitrogen and oxygen atoms in total. The van der Waals surface area contributed by atoms with Crippen molar-refractivity contribution in [1.82, 2.24) is 15.2 Å². The minimum absolute atomic E-state index is 0.746.